The highest BCUT2D eigenvalue weighted by molar-refractivity contribution is 7.18. The monoisotopic (exact) mass is 400 g/mol. The Morgan fingerprint density at radius 3 is 2.96 bits per heavy atom. The number of rotatable bonds is 5. The summed E-state index contributed by atoms with van der Waals surface area (Å²) in [7, 11) is 0. The zero-order valence-corrected chi connectivity index (χ0v) is 15.9. The van der Waals surface area contributed by atoms with Gasteiger partial charge in [-0.25, -0.2) is 9.37 Å². The molecule has 1 atom stereocenters. The molecule has 0 bridgehead atoms. The second-order valence-corrected chi connectivity index (χ2v) is 7.34. The SMILES string of the molecule is CCOC(=O)CC1Oc2ccccc2N(Cc2nc3cc(F)ccc3s2)C1=O. The van der Waals surface area contributed by atoms with Gasteiger partial charge in [0.05, 0.1) is 35.5 Å². The number of carbonyl (C=O) groups is 2. The van der Waals surface area contributed by atoms with Gasteiger partial charge in [0, 0.05) is 6.07 Å². The first-order valence-electron chi connectivity index (χ1n) is 8.83. The Balaban J connectivity index is 1.64. The Morgan fingerprint density at radius 2 is 2.14 bits per heavy atom. The molecule has 4 rings (SSSR count). The highest BCUT2D eigenvalue weighted by Gasteiger charge is 2.36. The molecule has 1 aliphatic rings. The summed E-state index contributed by atoms with van der Waals surface area (Å²) in [5.74, 6) is -0.664. The van der Waals surface area contributed by atoms with E-state index in [0.717, 1.165) is 4.70 Å². The van der Waals surface area contributed by atoms with Crippen LogP contribution in [-0.2, 0) is 20.9 Å². The maximum atomic E-state index is 13.4. The lowest BCUT2D eigenvalue weighted by atomic mass is 10.1. The Hall–Kier alpha value is -3.00. The molecule has 0 saturated heterocycles. The summed E-state index contributed by atoms with van der Waals surface area (Å²) >= 11 is 1.40. The molecule has 6 nitrogen and oxygen atoms in total. The lowest BCUT2D eigenvalue weighted by Gasteiger charge is -2.33. The molecule has 0 fully saturated rings. The van der Waals surface area contributed by atoms with E-state index >= 15 is 0 Å². The molecule has 2 heterocycles. The molecule has 8 heteroatoms. The number of fused-ring (bicyclic) bond motifs is 2. The number of para-hydroxylation sites is 2. The van der Waals surface area contributed by atoms with Crippen molar-refractivity contribution in [1.29, 1.82) is 0 Å². The summed E-state index contributed by atoms with van der Waals surface area (Å²) in [4.78, 5) is 30.9. The van der Waals surface area contributed by atoms with Crippen molar-refractivity contribution in [3.05, 3.63) is 53.3 Å². The van der Waals surface area contributed by atoms with Crippen LogP contribution in [0.15, 0.2) is 42.5 Å². The largest absolute Gasteiger partial charge is 0.478 e. The molecule has 0 spiro atoms. The standard InChI is InChI=1S/C20H17FN2O4S/c1-2-26-19(24)10-16-20(25)23(14-5-3-4-6-15(14)27-16)11-18-22-13-9-12(21)7-8-17(13)28-18/h3-9,16H,2,10-11H2,1H3. The summed E-state index contributed by atoms with van der Waals surface area (Å²) in [6.07, 6.45) is -1.12. The number of halogens is 1. The minimum Gasteiger partial charge on any atom is -0.478 e. The lowest BCUT2D eigenvalue weighted by molar-refractivity contribution is -0.147. The van der Waals surface area contributed by atoms with Crippen LogP contribution in [-0.4, -0.2) is 29.6 Å². The Bertz CT molecular complexity index is 1050. The van der Waals surface area contributed by atoms with Crippen LogP contribution in [0.25, 0.3) is 10.2 Å². The van der Waals surface area contributed by atoms with Crippen molar-refractivity contribution in [2.45, 2.75) is 26.0 Å². The summed E-state index contributed by atoms with van der Waals surface area (Å²) in [6, 6.07) is 11.6. The molecule has 0 radical (unpaired) electrons. The van der Waals surface area contributed by atoms with Crippen LogP contribution in [0.5, 0.6) is 5.75 Å². The van der Waals surface area contributed by atoms with Gasteiger partial charge in [-0.05, 0) is 31.2 Å². The molecular weight excluding hydrogens is 383 g/mol. The molecule has 0 aliphatic carbocycles. The summed E-state index contributed by atoms with van der Waals surface area (Å²) in [5.41, 5.74) is 1.16. The third-order valence-corrected chi connectivity index (χ3v) is 5.33. The summed E-state index contributed by atoms with van der Waals surface area (Å²) in [5, 5.41) is 0.667. The van der Waals surface area contributed by atoms with Crippen molar-refractivity contribution in [2.75, 3.05) is 11.5 Å². The number of hydrogen-bond donors (Lipinski definition) is 0. The van der Waals surface area contributed by atoms with E-state index in [1.807, 2.05) is 6.07 Å². The molecule has 1 unspecified atom stereocenters. The third-order valence-electron chi connectivity index (χ3n) is 4.31. The van der Waals surface area contributed by atoms with E-state index in [9.17, 15) is 14.0 Å². The molecule has 1 amide bonds. The molecule has 144 valence electrons. The number of benzene rings is 2. The Morgan fingerprint density at radius 1 is 1.32 bits per heavy atom. The molecule has 0 saturated carbocycles. The number of nitrogens with zero attached hydrogens (tertiary/aromatic N) is 2. The average Bonchev–Trinajstić information content (AvgIpc) is 3.07. The van der Waals surface area contributed by atoms with Crippen LogP contribution < -0.4 is 9.64 Å². The number of amides is 1. The maximum absolute atomic E-state index is 13.4. The number of esters is 1. The van der Waals surface area contributed by atoms with Crippen LogP contribution in [0.3, 0.4) is 0 Å². The van der Waals surface area contributed by atoms with E-state index < -0.39 is 12.1 Å². The molecule has 28 heavy (non-hydrogen) atoms. The number of hydrogen-bond acceptors (Lipinski definition) is 6. The lowest BCUT2D eigenvalue weighted by Crippen LogP contribution is -2.46. The van der Waals surface area contributed by atoms with Gasteiger partial charge in [-0.3, -0.25) is 14.5 Å². The normalized spacial score (nSPS) is 16.0. The van der Waals surface area contributed by atoms with Crippen molar-refractivity contribution < 1.29 is 23.5 Å². The quantitative estimate of drug-likeness (QED) is 0.611. The van der Waals surface area contributed by atoms with Crippen LogP contribution in [0.2, 0.25) is 0 Å². The maximum Gasteiger partial charge on any atom is 0.310 e. The van der Waals surface area contributed by atoms with Gasteiger partial charge in [-0.2, -0.15) is 0 Å². The third kappa shape index (κ3) is 3.55. The zero-order chi connectivity index (χ0) is 19.7. The van der Waals surface area contributed by atoms with Crippen molar-refractivity contribution in [2.24, 2.45) is 0 Å². The molecular formula is C20H17FN2O4S. The number of aromatic nitrogens is 1. The van der Waals surface area contributed by atoms with Gasteiger partial charge in [-0.1, -0.05) is 12.1 Å². The topological polar surface area (TPSA) is 68.7 Å². The second kappa shape index (κ2) is 7.55. The van der Waals surface area contributed by atoms with E-state index in [4.69, 9.17) is 9.47 Å². The van der Waals surface area contributed by atoms with Crippen LogP contribution >= 0.6 is 11.3 Å². The van der Waals surface area contributed by atoms with E-state index in [0.29, 0.717) is 22.0 Å². The summed E-state index contributed by atoms with van der Waals surface area (Å²) < 4.78 is 25.0. The first-order chi connectivity index (χ1) is 13.5. The van der Waals surface area contributed by atoms with Gasteiger partial charge < -0.3 is 9.47 Å². The molecule has 3 aromatic rings. The predicted molar refractivity (Wildman–Crippen MR) is 103 cm³/mol. The van der Waals surface area contributed by atoms with Crippen molar-refractivity contribution in [3.8, 4) is 5.75 Å². The Kier molecular flexibility index (Phi) is 4.95. The predicted octanol–water partition coefficient (Wildman–Crippen LogP) is 3.68. The first kappa shape index (κ1) is 18.4. The molecule has 2 aromatic carbocycles. The minimum absolute atomic E-state index is 0.164. The van der Waals surface area contributed by atoms with Gasteiger partial charge in [0.15, 0.2) is 6.10 Å². The number of ether oxygens (including phenoxy) is 2. The Labute approximate surface area is 164 Å². The van der Waals surface area contributed by atoms with Crippen molar-refractivity contribution in [1.82, 2.24) is 4.98 Å². The van der Waals surface area contributed by atoms with Crippen molar-refractivity contribution >= 4 is 39.1 Å². The van der Waals surface area contributed by atoms with Gasteiger partial charge in [0.2, 0.25) is 0 Å². The number of thiazole rings is 1. The van der Waals surface area contributed by atoms with Crippen LogP contribution in [0.4, 0.5) is 10.1 Å². The first-order valence-corrected chi connectivity index (χ1v) is 9.64. The zero-order valence-electron chi connectivity index (χ0n) is 15.1. The molecule has 1 aliphatic heterocycles. The van der Waals surface area contributed by atoms with Gasteiger partial charge in [0.1, 0.15) is 16.6 Å². The van der Waals surface area contributed by atoms with Crippen molar-refractivity contribution in [3.63, 3.8) is 0 Å². The van der Waals surface area contributed by atoms with E-state index in [-0.39, 0.29) is 31.3 Å². The molecule has 1 aromatic heterocycles. The van der Waals surface area contributed by atoms with Crippen LogP contribution in [0, 0.1) is 5.82 Å². The molecule has 0 N–H and O–H groups in total. The summed E-state index contributed by atoms with van der Waals surface area (Å²) in [6.45, 7) is 2.15. The fourth-order valence-electron chi connectivity index (χ4n) is 3.09. The van der Waals surface area contributed by atoms with E-state index in [2.05, 4.69) is 4.98 Å². The fourth-order valence-corrected chi connectivity index (χ4v) is 4.03. The highest BCUT2D eigenvalue weighted by Crippen LogP contribution is 2.36. The van der Waals surface area contributed by atoms with Gasteiger partial charge >= 0.3 is 5.97 Å². The minimum atomic E-state index is -0.958. The van der Waals surface area contributed by atoms with Gasteiger partial charge in [0.25, 0.3) is 5.91 Å². The van der Waals surface area contributed by atoms with E-state index in [1.165, 1.54) is 23.5 Å². The average molecular weight is 400 g/mol. The van der Waals surface area contributed by atoms with Crippen LogP contribution in [0.1, 0.15) is 18.4 Å². The van der Waals surface area contributed by atoms with E-state index in [1.54, 1.807) is 36.1 Å². The number of carbonyl (C=O) groups excluding carboxylic acids is 2. The smallest absolute Gasteiger partial charge is 0.310 e. The highest BCUT2D eigenvalue weighted by atomic mass is 32.1. The number of anilines is 1. The fraction of sp³-hybridized carbons (Fsp3) is 0.250. The second-order valence-electron chi connectivity index (χ2n) is 6.23. The van der Waals surface area contributed by atoms with Gasteiger partial charge in [-0.15, -0.1) is 11.3 Å².